The van der Waals surface area contributed by atoms with Crippen LogP contribution in [0, 0.1) is 11.6 Å². The van der Waals surface area contributed by atoms with Crippen molar-refractivity contribution in [3.63, 3.8) is 0 Å². The molecule has 0 spiro atoms. The van der Waals surface area contributed by atoms with E-state index in [1.165, 1.54) is 6.07 Å². The molecule has 0 saturated heterocycles. The lowest BCUT2D eigenvalue weighted by Crippen LogP contribution is -2.04. The van der Waals surface area contributed by atoms with Crippen LogP contribution in [-0.4, -0.2) is 16.5 Å². The van der Waals surface area contributed by atoms with Gasteiger partial charge in [-0.05, 0) is 30.7 Å². The van der Waals surface area contributed by atoms with E-state index < -0.39 is 11.6 Å². The standard InChI is InChI=1S/C12H11F2N3O/c13-9-1-2-11(10(14)5-9)18-12-16-6-8(3-4-15)7-17-12/h1-2,5-7H,3-4,15H2. The van der Waals surface area contributed by atoms with Crippen molar-refractivity contribution >= 4 is 0 Å². The van der Waals surface area contributed by atoms with Crippen LogP contribution in [0.2, 0.25) is 0 Å². The molecule has 0 amide bonds. The molecule has 2 aromatic rings. The number of halogens is 2. The van der Waals surface area contributed by atoms with Crippen LogP contribution in [0.15, 0.2) is 30.6 Å². The monoisotopic (exact) mass is 251 g/mol. The minimum absolute atomic E-state index is 0.00118. The summed E-state index contributed by atoms with van der Waals surface area (Å²) in [5.41, 5.74) is 6.25. The van der Waals surface area contributed by atoms with Gasteiger partial charge in [0.05, 0.1) is 0 Å². The number of nitrogens with two attached hydrogens (primary N) is 1. The van der Waals surface area contributed by atoms with Crippen molar-refractivity contribution in [3.8, 4) is 11.8 Å². The lowest BCUT2D eigenvalue weighted by molar-refractivity contribution is 0.407. The van der Waals surface area contributed by atoms with Crippen LogP contribution in [0.1, 0.15) is 5.56 Å². The number of hydrogen-bond donors (Lipinski definition) is 1. The molecule has 2 rings (SSSR count). The fourth-order valence-electron chi connectivity index (χ4n) is 1.35. The van der Waals surface area contributed by atoms with Crippen molar-refractivity contribution in [1.82, 2.24) is 9.97 Å². The molecule has 1 heterocycles. The summed E-state index contributed by atoms with van der Waals surface area (Å²) in [6.45, 7) is 0.496. The van der Waals surface area contributed by atoms with Gasteiger partial charge in [-0.25, -0.2) is 18.7 Å². The predicted octanol–water partition coefficient (Wildman–Crippen LogP) is 2.05. The average molecular weight is 251 g/mol. The first-order valence-electron chi connectivity index (χ1n) is 5.33. The second-order valence-corrected chi connectivity index (χ2v) is 3.59. The maximum Gasteiger partial charge on any atom is 0.321 e. The molecule has 0 atom stereocenters. The number of rotatable bonds is 4. The predicted molar refractivity (Wildman–Crippen MR) is 61.2 cm³/mol. The first-order chi connectivity index (χ1) is 8.69. The Morgan fingerprint density at radius 1 is 1.17 bits per heavy atom. The Morgan fingerprint density at radius 3 is 2.50 bits per heavy atom. The Bertz CT molecular complexity index is 531. The van der Waals surface area contributed by atoms with Gasteiger partial charge in [0.25, 0.3) is 0 Å². The molecule has 0 bridgehead atoms. The second kappa shape index (κ2) is 5.50. The van der Waals surface area contributed by atoms with Gasteiger partial charge in [0.1, 0.15) is 5.82 Å². The third kappa shape index (κ3) is 2.98. The van der Waals surface area contributed by atoms with Gasteiger partial charge in [-0.15, -0.1) is 0 Å². The largest absolute Gasteiger partial charge is 0.421 e. The number of ether oxygens (including phenoxy) is 1. The van der Waals surface area contributed by atoms with Gasteiger partial charge >= 0.3 is 6.01 Å². The van der Waals surface area contributed by atoms with Crippen molar-refractivity contribution in [2.75, 3.05) is 6.54 Å². The number of aromatic nitrogens is 2. The zero-order valence-electron chi connectivity index (χ0n) is 9.44. The van der Waals surface area contributed by atoms with Gasteiger partial charge < -0.3 is 10.5 Å². The molecule has 0 unspecified atom stereocenters. The molecular weight excluding hydrogens is 240 g/mol. The van der Waals surface area contributed by atoms with Gasteiger partial charge in [-0.3, -0.25) is 0 Å². The van der Waals surface area contributed by atoms with Gasteiger partial charge in [-0.2, -0.15) is 0 Å². The van der Waals surface area contributed by atoms with Crippen molar-refractivity contribution in [2.45, 2.75) is 6.42 Å². The number of nitrogens with zero attached hydrogens (tertiary/aromatic N) is 2. The topological polar surface area (TPSA) is 61.0 Å². The Kier molecular flexibility index (Phi) is 3.78. The minimum Gasteiger partial charge on any atom is -0.421 e. The molecule has 0 saturated carbocycles. The van der Waals surface area contributed by atoms with E-state index in [9.17, 15) is 8.78 Å². The smallest absolute Gasteiger partial charge is 0.321 e. The maximum absolute atomic E-state index is 13.3. The van der Waals surface area contributed by atoms with Crippen molar-refractivity contribution < 1.29 is 13.5 Å². The van der Waals surface area contributed by atoms with Gasteiger partial charge in [-0.1, -0.05) is 0 Å². The molecule has 1 aromatic heterocycles. The van der Waals surface area contributed by atoms with E-state index in [1.807, 2.05) is 0 Å². The summed E-state index contributed by atoms with van der Waals surface area (Å²) in [6.07, 6.45) is 3.76. The molecule has 18 heavy (non-hydrogen) atoms. The molecule has 0 radical (unpaired) electrons. The lowest BCUT2D eigenvalue weighted by Gasteiger charge is -2.05. The maximum atomic E-state index is 13.3. The fourth-order valence-corrected chi connectivity index (χ4v) is 1.35. The van der Waals surface area contributed by atoms with E-state index in [-0.39, 0.29) is 11.8 Å². The zero-order chi connectivity index (χ0) is 13.0. The van der Waals surface area contributed by atoms with Gasteiger partial charge in [0.2, 0.25) is 0 Å². The molecule has 0 fully saturated rings. The van der Waals surface area contributed by atoms with E-state index >= 15 is 0 Å². The highest BCUT2D eigenvalue weighted by Gasteiger charge is 2.07. The lowest BCUT2D eigenvalue weighted by atomic mass is 10.2. The Morgan fingerprint density at radius 2 is 1.89 bits per heavy atom. The van der Waals surface area contributed by atoms with Crippen molar-refractivity contribution in [2.24, 2.45) is 5.73 Å². The third-order valence-electron chi connectivity index (χ3n) is 2.21. The van der Waals surface area contributed by atoms with Crippen LogP contribution in [-0.2, 0) is 6.42 Å². The van der Waals surface area contributed by atoms with Crippen molar-refractivity contribution in [3.05, 3.63) is 47.8 Å². The van der Waals surface area contributed by atoms with E-state index in [0.717, 1.165) is 17.7 Å². The Balaban J connectivity index is 2.13. The molecular formula is C12H11F2N3O. The van der Waals surface area contributed by atoms with E-state index in [4.69, 9.17) is 10.5 Å². The highest BCUT2D eigenvalue weighted by atomic mass is 19.1. The average Bonchev–Trinajstić information content (AvgIpc) is 2.35. The molecule has 4 nitrogen and oxygen atoms in total. The quantitative estimate of drug-likeness (QED) is 0.903. The minimum atomic E-state index is -0.801. The van der Waals surface area contributed by atoms with Crippen molar-refractivity contribution in [1.29, 1.82) is 0 Å². The Labute approximate surface area is 102 Å². The first-order valence-corrected chi connectivity index (χ1v) is 5.33. The summed E-state index contributed by atoms with van der Waals surface area (Å²) < 4.78 is 31.1. The van der Waals surface area contributed by atoms with Crippen LogP contribution in [0.5, 0.6) is 11.8 Å². The van der Waals surface area contributed by atoms with Crippen LogP contribution in [0.3, 0.4) is 0 Å². The first kappa shape index (κ1) is 12.4. The van der Waals surface area contributed by atoms with E-state index in [2.05, 4.69) is 9.97 Å². The summed E-state index contributed by atoms with van der Waals surface area (Å²) in [5, 5.41) is 0. The van der Waals surface area contributed by atoms with Crippen LogP contribution < -0.4 is 10.5 Å². The van der Waals surface area contributed by atoms with Crippen LogP contribution in [0.4, 0.5) is 8.78 Å². The molecule has 2 N–H and O–H groups in total. The highest BCUT2D eigenvalue weighted by Crippen LogP contribution is 2.22. The molecule has 0 aliphatic rings. The third-order valence-corrected chi connectivity index (χ3v) is 2.21. The summed E-state index contributed by atoms with van der Waals surface area (Å²) in [5.74, 6) is -1.59. The molecule has 6 heteroatoms. The fraction of sp³-hybridized carbons (Fsp3) is 0.167. The van der Waals surface area contributed by atoms with Gasteiger partial charge in [0.15, 0.2) is 11.6 Å². The molecule has 94 valence electrons. The van der Waals surface area contributed by atoms with Gasteiger partial charge in [0, 0.05) is 18.5 Å². The molecule has 1 aromatic carbocycles. The SMILES string of the molecule is NCCc1cnc(Oc2ccc(F)cc2F)nc1. The zero-order valence-corrected chi connectivity index (χ0v) is 9.44. The van der Waals surface area contributed by atoms with Crippen LogP contribution in [0.25, 0.3) is 0 Å². The number of hydrogen-bond acceptors (Lipinski definition) is 4. The summed E-state index contributed by atoms with van der Waals surface area (Å²) in [4.78, 5) is 7.81. The highest BCUT2D eigenvalue weighted by molar-refractivity contribution is 5.27. The molecule has 0 aliphatic heterocycles. The van der Waals surface area contributed by atoms with Crippen LogP contribution >= 0.6 is 0 Å². The number of benzene rings is 1. The second-order valence-electron chi connectivity index (χ2n) is 3.59. The summed E-state index contributed by atoms with van der Waals surface area (Å²) >= 11 is 0. The van der Waals surface area contributed by atoms with E-state index in [1.54, 1.807) is 12.4 Å². The summed E-state index contributed by atoms with van der Waals surface area (Å²) in [7, 11) is 0. The normalized spacial score (nSPS) is 10.4. The summed E-state index contributed by atoms with van der Waals surface area (Å²) in [6, 6.07) is 3.02. The van der Waals surface area contributed by atoms with E-state index in [0.29, 0.717) is 13.0 Å². The molecule has 0 aliphatic carbocycles. The Hall–Kier alpha value is -2.08.